The lowest BCUT2D eigenvalue weighted by Gasteiger charge is -2.38. The summed E-state index contributed by atoms with van der Waals surface area (Å²) in [6.45, 7) is 4.15. The number of hydrogen-bond acceptors (Lipinski definition) is 5. The number of nitrogens with one attached hydrogen (secondary N) is 1. The van der Waals surface area contributed by atoms with Crippen molar-refractivity contribution in [2.75, 3.05) is 32.4 Å². The van der Waals surface area contributed by atoms with Crippen molar-refractivity contribution in [1.29, 1.82) is 0 Å². The van der Waals surface area contributed by atoms with Gasteiger partial charge in [-0.3, -0.25) is 4.79 Å². The number of thiophene rings is 1. The van der Waals surface area contributed by atoms with E-state index >= 15 is 0 Å². The molecule has 22 heavy (non-hydrogen) atoms. The minimum Gasteiger partial charge on any atom is -0.341 e. The van der Waals surface area contributed by atoms with Crippen LogP contribution in [0.3, 0.4) is 0 Å². The third-order valence-electron chi connectivity index (χ3n) is 4.39. The molecule has 1 aliphatic heterocycles. The number of likely N-dealkylation sites (N-methyl/N-ethyl adjacent to an activating group) is 1. The van der Waals surface area contributed by atoms with E-state index in [1.807, 2.05) is 24.4 Å². The van der Waals surface area contributed by atoms with E-state index in [1.54, 1.807) is 16.2 Å². The summed E-state index contributed by atoms with van der Waals surface area (Å²) in [6, 6.07) is 4.03. The standard InChI is InChI=1S/C15H24N2O3S2/c1-3-17(11-6-13-5-4-12-21-13)14(18)15(22(2,19)20)7-9-16-10-8-15/h4-5,12,16H,3,6-11H2,1-2H3. The van der Waals surface area contributed by atoms with Crippen molar-refractivity contribution in [1.82, 2.24) is 10.2 Å². The van der Waals surface area contributed by atoms with Gasteiger partial charge in [0.1, 0.15) is 0 Å². The first-order valence-electron chi connectivity index (χ1n) is 7.63. The van der Waals surface area contributed by atoms with E-state index in [0.29, 0.717) is 39.0 Å². The molecule has 0 unspecified atom stereocenters. The minimum atomic E-state index is -3.44. The third-order valence-corrected chi connectivity index (χ3v) is 7.33. The predicted octanol–water partition coefficient (Wildman–Crippen LogP) is 1.31. The first-order valence-corrected chi connectivity index (χ1v) is 10.4. The number of hydrogen-bond donors (Lipinski definition) is 1. The van der Waals surface area contributed by atoms with Gasteiger partial charge in [0.05, 0.1) is 0 Å². The maximum atomic E-state index is 13.0. The molecule has 0 bridgehead atoms. The molecule has 1 aliphatic rings. The van der Waals surface area contributed by atoms with Gasteiger partial charge >= 0.3 is 0 Å². The molecule has 0 atom stereocenters. The number of rotatable bonds is 6. The van der Waals surface area contributed by atoms with Crippen LogP contribution in [0.25, 0.3) is 0 Å². The fraction of sp³-hybridized carbons (Fsp3) is 0.667. The molecule has 2 rings (SSSR count). The van der Waals surface area contributed by atoms with E-state index in [-0.39, 0.29) is 5.91 Å². The second-order valence-corrected chi connectivity index (χ2v) is 9.09. The van der Waals surface area contributed by atoms with Crippen molar-refractivity contribution >= 4 is 27.1 Å². The number of carbonyl (C=O) groups is 1. The van der Waals surface area contributed by atoms with Gasteiger partial charge in [-0.1, -0.05) is 6.07 Å². The largest absolute Gasteiger partial charge is 0.341 e. The lowest BCUT2D eigenvalue weighted by Crippen LogP contribution is -2.58. The lowest BCUT2D eigenvalue weighted by molar-refractivity contribution is -0.134. The number of amides is 1. The molecular formula is C15H24N2O3S2. The molecule has 2 heterocycles. The molecule has 0 spiro atoms. The van der Waals surface area contributed by atoms with Crippen LogP contribution in [0, 0.1) is 0 Å². The van der Waals surface area contributed by atoms with Gasteiger partial charge in [0, 0.05) is 24.2 Å². The van der Waals surface area contributed by atoms with Crippen LogP contribution >= 0.6 is 11.3 Å². The van der Waals surface area contributed by atoms with Crippen molar-refractivity contribution in [2.45, 2.75) is 30.9 Å². The van der Waals surface area contributed by atoms with Crippen LogP contribution in [0.4, 0.5) is 0 Å². The van der Waals surface area contributed by atoms with Gasteiger partial charge in [-0.05, 0) is 50.7 Å². The van der Waals surface area contributed by atoms with Crippen molar-refractivity contribution in [3.63, 3.8) is 0 Å². The first kappa shape index (κ1) is 17.4. The van der Waals surface area contributed by atoms with Crippen molar-refractivity contribution in [3.05, 3.63) is 22.4 Å². The lowest BCUT2D eigenvalue weighted by atomic mass is 9.95. The van der Waals surface area contributed by atoms with Crippen molar-refractivity contribution < 1.29 is 13.2 Å². The molecule has 7 heteroatoms. The maximum absolute atomic E-state index is 13.0. The van der Waals surface area contributed by atoms with E-state index in [2.05, 4.69) is 5.32 Å². The molecule has 0 aliphatic carbocycles. The highest BCUT2D eigenvalue weighted by atomic mass is 32.2. The Kier molecular flexibility index (Phi) is 5.63. The van der Waals surface area contributed by atoms with Crippen LogP contribution in [-0.2, 0) is 21.1 Å². The maximum Gasteiger partial charge on any atom is 0.244 e. The molecule has 5 nitrogen and oxygen atoms in total. The topological polar surface area (TPSA) is 66.5 Å². The summed E-state index contributed by atoms with van der Waals surface area (Å²) in [5.74, 6) is -0.226. The highest BCUT2D eigenvalue weighted by molar-refractivity contribution is 7.92. The van der Waals surface area contributed by atoms with Crippen LogP contribution in [0.2, 0.25) is 0 Å². The quantitative estimate of drug-likeness (QED) is 0.845. The average molecular weight is 345 g/mol. The van der Waals surface area contributed by atoms with E-state index in [9.17, 15) is 13.2 Å². The predicted molar refractivity (Wildman–Crippen MR) is 90.0 cm³/mol. The Morgan fingerprint density at radius 1 is 1.41 bits per heavy atom. The zero-order valence-electron chi connectivity index (χ0n) is 13.2. The Hall–Kier alpha value is -0.920. The van der Waals surface area contributed by atoms with E-state index < -0.39 is 14.6 Å². The molecular weight excluding hydrogens is 320 g/mol. The number of sulfone groups is 1. The SMILES string of the molecule is CCN(CCc1cccs1)C(=O)C1(S(C)(=O)=O)CCNCC1. The Balaban J connectivity index is 2.17. The van der Waals surface area contributed by atoms with Gasteiger partial charge in [0.2, 0.25) is 5.91 Å². The number of nitrogens with zero attached hydrogens (tertiary/aromatic N) is 1. The van der Waals surface area contributed by atoms with Gasteiger partial charge < -0.3 is 10.2 Å². The molecule has 1 N–H and O–H groups in total. The minimum absolute atomic E-state index is 0.226. The van der Waals surface area contributed by atoms with Crippen molar-refractivity contribution in [3.8, 4) is 0 Å². The second kappa shape index (κ2) is 7.10. The molecule has 124 valence electrons. The van der Waals surface area contributed by atoms with Crippen LogP contribution in [0.1, 0.15) is 24.6 Å². The van der Waals surface area contributed by atoms with Gasteiger partial charge in [-0.2, -0.15) is 0 Å². The summed E-state index contributed by atoms with van der Waals surface area (Å²) < 4.78 is 23.4. The Labute approximate surface area is 136 Å². The molecule has 0 radical (unpaired) electrons. The smallest absolute Gasteiger partial charge is 0.244 e. The Morgan fingerprint density at radius 2 is 2.09 bits per heavy atom. The molecule has 1 aromatic rings. The Morgan fingerprint density at radius 3 is 2.59 bits per heavy atom. The van der Waals surface area contributed by atoms with Gasteiger partial charge in [-0.15, -0.1) is 11.3 Å². The molecule has 0 saturated carbocycles. The molecule has 1 aromatic heterocycles. The zero-order valence-corrected chi connectivity index (χ0v) is 14.8. The van der Waals surface area contributed by atoms with E-state index in [1.165, 1.54) is 11.1 Å². The van der Waals surface area contributed by atoms with Crippen LogP contribution in [0.15, 0.2) is 17.5 Å². The molecule has 1 fully saturated rings. The Bertz CT molecular complexity index is 590. The van der Waals surface area contributed by atoms with Crippen LogP contribution < -0.4 is 5.32 Å². The normalized spacial score (nSPS) is 18.1. The fourth-order valence-corrected chi connectivity index (χ4v) is 5.06. The molecule has 1 saturated heterocycles. The zero-order chi connectivity index (χ0) is 16.2. The van der Waals surface area contributed by atoms with E-state index in [0.717, 1.165) is 6.42 Å². The summed E-state index contributed by atoms with van der Waals surface area (Å²) in [5.41, 5.74) is 0. The van der Waals surface area contributed by atoms with E-state index in [4.69, 9.17) is 0 Å². The average Bonchev–Trinajstić information content (AvgIpc) is 3.00. The summed E-state index contributed by atoms with van der Waals surface area (Å²) in [5, 5.41) is 5.16. The summed E-state index contributed by atoms with van der Waals surface area (Å²) >= 11 is 1.66. The fourth-order valence-electron chi connectivity index (χ4n) is 2.97. The highest BCUT2D eigenvalue weighted by Crippen LogP contribution is 2.30. The van der Waals surface area contributed by atoms with Crippen LogP contribution in [-0.4, -0.2) is 56.4 Å². The van der Waals surface area contributed by atoms with Crippen molar-refractivity contribution in [2.24, 2.45) is 0 Å². The first-order chi connectivity index (χ1) is 10.4. The highest BCUT2D eigenvalue weighted by Gasteiger charge is 2.50. The molecule has 1 amide bonds. The number of piperidine rings is 1. The van der Waals surface area contributed by atoms with Gasteiger partial charge in [0.15, 0.2) is 14.6 Å². The summed E-state index contributed by atoms with van der Waals surface area (Å²) in [6.07, 6.45) is 2.69. The van der Waals surface area contributed by atoms with Gasteiger partial charge in [-0.25, -0.2) is 8.42 Å². The third kappa shape index (κ3) is 3.52. The summed E-state index contributed by atoms with van der Waals surface area (Å²) in [7, 11) is -3.44. The van der Waals surface area contributed by atoms with Gasteiger partial charge in [0.25, 0.3) is 0 Å². The number of carbonyl (C=O) groups excluding carboxylic acids is 1. The summed E-state index contributed by atoms with van der Waals surface area (Å²) in [4.78, 5) is 15.9. The molecule has 0 aromatic carbocycles. The second-order valence-electron chi connectivity index (χ2n) is 5.73. The van der Waals surface area contributed by atoms with Crippen LogP contribution in [0.5, 0.6) is 0 Å². The monoisotopic (exact) mass is 344 g/mol.